The summed E-state index contributed by atoms with van der Waals surface area (Å²) in [6, 6.07) is 8.65. The van der Waals surface area contributed by atoms with Crippen molar-refractivity contribution in [2.45, 2.75) is 45.8 Å². The van der Waals surface area contributed by atoms with Gasteiger partial charge in [0.15, 0.2) is 0 Å². The van der Waals surface area contributed by atoms with E-state index in [0.29, 0.717) is 5.41 Å². The highest BCUT2D eigenvalue weighted by Gasteiger charge is 2.36. The number of benzene rings is 1. The van der Waals surface area contributed by atoms with E-state index in [1.54, 1.807) is 0 Å². The monoisotopic (exact) mass is 302 g/mol. The van der Waals surface area contributed by atoms with Crippen LogP contribution >= 0.6 is 0 Å². The van der Waals surface area contributed by atoms with Crippen molar-refractivity contribution >= 4 is 0 Å². The second kappa shape index (κ2) is 6.31. The van der Waals surface area contributed by atoms with Crippen LogP contribution in [0.4, 0.5) is 0 Å². The Bertz CT molecular complexity index is 500. The minimum absolute atomic E-state index is 0.280. The molecule has 0 amide bonds. The maximum Gasteiger partial charge on any atom is 0.0951 e. The predicted molar refractivity (Wildman–Crippen MR) is 91.0 cm³/mol. The Morgan fingerprint density at radius 1 is 1.09 bits per heavy atom. The minimum atomic E-state index is -0.308. The fourth-order valence-electron chi connectivity index (χ4n) is 3.69. The second-order valence-corrected chi connectivity index (χ2v) is 8.10. The number of hydrogen-bond donors (Lipinski definition) is 1. The first-order chi connectivity index (χ1) is 10.4. The van der Waals surface area contributed by atoms with Crippen LogP contribution in [0.25, 0.3) is 0 Å². The highest BCUT2D eigenvalue weighted by molar-refractivity contribution is 5.35. The summed E-state index contributed by atoms with van der Waals surface area (Å²) in [5.41, 5.74) is 2.89. The average Bonchev–Trinajstić information content (AvgIpc) is 2.83. The molecule has 3 rings (SSSR count). The summed E-state index contributed by atoms with van der Waals surface area (Å²) in [6.45, 7) is 12.6. The van der Waals surface area contributed by atoms with E-state index in [0.717, 1.165) is 38.2 Å². The molecule has 0 saturated carbocycles. The van der Waals surface area contributed by atoms with Crippen molar-refractivity contribution < 1.29 is 5.11 Å². The van der Waals surface area contributed by atoms with Crippen LogP contribution in [0, 0.1) is 5.41 Å². The minimum Gasteiger partial charge on any atom is -0.387 e. The Morgan fingerprint density at radius 3 is 2.41 bits per heavy atom. The molecular formula is C19H30N2O. The van der Waals surface area contributed by atoms with Gasteiger partial charge in [-0.05, 0) is 35.9 Å². The van der Waals surface area contributed by atoms with E-state index in [2.05, 4.69) is 48.8 Å². The van der Waals surface area contributed by atoms with Gasteiger partial charge in [-0.3, -0.25) is 4.90 Å². The molecule has 1 aromatic carbocycles. The number of fused-ring (bicyclic) bond motifs is 1. The zero-order chi connectivity index (χ0) is 15.7. The molecule has 22 heavy (non-hydrogen) atoms. The predicted octanol–water partition coefficient (Wildman–Crippen LogP) is 2.70. The summed E-state index contributed by atoms with van der Waals surface area (Å²) in [7, 11) is 0. The van der Waals surface area contributed by atoms with Gasteiger partial charge >= 0.3 is 0 Å². The Balaban J connectivity index is 1.53. The quantitative estimate of drug-likeness (QED) is 0.930. The van der Waals surface area contributed by atoms with Gasteiger partial charge in [-0.15, -0.1) is 0 Å². The first kappa shape index (κ1) is 16.0. The van der Waals surface area contributed by atoms with Gasteiger partial charge in [0.1, 0.15) is 0 Å². The Hall–Kier alpha value is -0.900. The number of hydrogen-bond acceptors (Lipinski definition) is 3. The topological polar surface area (TPSA) is 26.7 Å². The van der Waals surface area contributed by atoms with Crippen molar-refractivity contribution in [1.29, 1.82) is 0 Å². The summed E-state index contributed by atoms with van der Waals surface area (Å²) < 4.78 is 0. The number of piperazine rings is 1. The van der Waals surface area contributed by atoms with E-state index in [4.69, 9.17) is 0 Å². The van der Waals surface area contributed by atoms with Crippen molar-refractivity contribution in [3.05, 3.63) is 35.4 Å². The molecule has 2 unspecified atom stereocenters. The van der Waals surface area contributed by atoms with Gasteiger partial charge in [-0.1, -0.05) is 45.0 Å². The van der Waals surface area contributed by atoms with Crippen molar-refractivity contribution in [1.82, 2.24) is 9.80 Å². The largest absolute Gasteiger partial charge is 0.387 e. The van der Waals surface area contributed by atoms with Crippen LogP contribution < -0.4 is 0 Å². The van der Waals surface area contributed by atoms with E-state index in [1.165, 1.54) is 18.5 Å². The molecule has 1 N–H and O–H groups in total. The molecule has 1 aromatic rings. The van der Waals surface area contributed by atoms with Crippen LogP contribution in [0.5, 0.6) is 0 Å². The number of aliphatic hydroxyl groups excluding tert-OH is 1. The van der Waals surface area contributed by atoms with E-state index >= 15 is 0 Å². The van der Waals surface area contributed by atoms with Gasteiger partial charge in [-0.25, -0.2) is 0 Å². The third-order valence-electron chi connectivity index (χ3n) is 5.22. The first-order valence-electron chi connectivity index (χ1n) is 8.66. The average molecular weight is 302 g/mol. The molecule has 1 heterocycles. The van der Waals surface area contributed by atoms with Crippen LogP contribution in [0.2, 0.25) is 0 Å². The second-order valence-electron chi connectivity index (χ2n) is 8.10. The molecule has 1 saturated heterocycles. The fourth-order valence-corrected chi connectivity index (χ4v) is 3.69. The standard InChI is InChI=1S/C19H30N2O/c1-19(2,3)8-9-20-10-12-21(13-11-20)17-14-15-6-4-5-7-16(15)18(17)22/h4-7,17-18,22H,8-14H2,1-3H3. The number of rotatable bonds is 3. The summed E-state index contributed by atoms with van der Waals surface area (Å²) in [5, 5.41) is 10.6. The number of aliphatic hydroxyl groups is 1. The molecule has 3 nitrogen and oxygen atoms in total. The SMILES string of the molecule is CC(C)(C)CCN1CCN(C2Cc3ccccc3C2O)CC1. The smallest absolute Gasteiger partial charge is 0.0951 e. The molecule has 0 radical (unpaired) electrons. The fraction of sp³-hybridized carbons (Fsp3) is 0.684. The third-order valence-corrected chi connectivity index (χ3v) is 5.22. The van der Waals surface area contributed by atoms with Crippen LogP contribution in [-0.2, 0) is 6.42 Å². The molecule has 1 fully saturated rings. The van der Waals surface area contributed by atoms with Crippen molar-refractivity contribution in [2.24, 2.45) is 5.41 Å². The number of nitrogens with zero attached hydrogens (tertiary/aromatic N) is 2. The molecule has 2 aliphatic rings. The van der Waals surface area contributed by atoms with Crippen LogP contribution in [-0.4, -0.2) is 53.7 Å². The normalized spacial score (nSPS) is 27.1. The first-order valence-corrected chi connectivity index (χ1v) is 8.66. The van der Waals surface area contributed by atoms with E-state index in [1.807, 2.05) is 6.07 Å². The van der Waals surface area contributed by atoms with Crippen molar-refractivity contribution in [3.8, 4) is 0 Å². The van der Waals surface area contributed by atoms with Gasteiger partial charge in [-0.2, -0.15) is 0 Å². The maximum atomic E-state index is 10.6. The maximum absolute atomic E-state index is 10.6. The van der Waals surface area contributed by atoms with Crippen molar-refractivity contribution in [3.63, 3.8) is 0 Å². The lowest BCUT2D eigenvalue weighted by Crippen LogP contribution is -2.51. The third kappa shape index (κ3) is 3.53. The Kier molecular flexibility index (Phi) is 4.58. The van der Waals surface area contributed by atoms with E-state index in [9.17, 15) is 5.11 Å². The molecule has 2 atom stereocenters. The highest BCUT2D eigenvalue weighted by Crippen LogP contribution is 2.34. The van der Waals surface area contributed by atoms with E-state index < -0.39 is 0 Å². The van der Waals surface area contributed by atoms with Gasteiger partial charge in [0, 0.05) is 32.2 Å². The molecule has 0 aromatic heterocycles. The lowest BCUT2D eigenvalue weighted by molar-refractivity contribution is 0.0255. The zero-order valence-corrected chi connectivity index (χ0v) is 14.3. The zero-order valence-electron chi connectivity index (χ0n) is 14.3. The lowest BCUT2D eigenvalue weighted by atomic mass is 9.92. The molecule has 1 aliphatic carbocycles. The van der Waals surface area contributed by atoms with Crippen LogP contribution in [0.1, 0.15) is 44.4 Å². The summed E-state index contributed by atoms with van der Waals surface area (Å²) >= 11 is 0. The van der Waals surface area contributed by atoms with Gasteiger partial charge in [0.05, 0.1) is 6.10 Å². The molecule has 0 bridgehead atoms. The molecule has 1 aliphatic heterocycles. The van der Waals surface area contributed by atoms with Gasteiger partial charge in [0.25, 0.3) is 0 Å². The van der Waals surface area contributed by atoms with Gasteiger partial charge in [0.2, 0.25) is 0 Å². The van der Waals surface area contributed by atoms with Crippen LogP contribution in [0.15, 0.2) is 24.3 Å². The Labute approximate surface area is 134 Å². The summed E-state index contributed by atoms with van der Waals surface area (Å²) in [6.07, 6.45) is 1.95. The van der Waals surface area contributed by atoms with Crippen molar-refractivity contribution in [2.75, 3.05) is 32.7 Å². The van der Waals surface area contributed by atoms with Gasteiger partial charge < -0.3 is 10.0 Å². The summed E-state index contributed by atoms with van der Waals surface area (Å²) in [4.78, 5) is 5.08. The molecule has 3 heteroatoms. The molecule has 122 valence electrons. The molecule has 0 spiro atoms. The summed E-state index contributed by atoms with van der Waals surface area (Å²) in [5.74, 6) is 0. The van der Waals surface area contributed by atoms with E-state index in [-0.39, 0.29) is 12.1 Å². The van der Waals surface area contributed by atoms with Crippen LogP contribution in [0.3, 0.4) is 0 Å². The highest BCUT2D eigenvalue weighted by atomic mass is 16.3. The Morgan fingerprint density at radius 2 is 1.77 bits per heavy atom. The lowest BCUT2D eigenvalue weighted by Gasteiger charge is -2.39. The molecular weight excluding hydrogens is 272 g/mol.